The number of aryl methyl sites for hydroxylation is 2. The highest BCUT2D eigenvalue weighted by Gasteiger charge is 2.28. The molecule has 3 rings (SSSR count). The van der Waals surface area contributed by atoms with Crippen LogP contribution in [0.2, 0.25) is 0 Å². The molecule has 1 fully saturated rings. The molecule has 0 amide bonds. The molecule has 0 aliphatic carbocycles. The standard InChI is InChI=1S/C19H28N4O3S/c1-13(2)27(24,25)23-8-5-6-16(7-9-23)10-17-11-18(21-12-20-17)19-14(3)22-26-15(19)4/h11-13,16H,5-10H2,1-4H3/t16-/m1/s1. The molecule has 7 nitrogen and oxygen atoms in total. The molecule has 3 heterocycles. The highest BCUT2D eigenvalue weighted by Crippen LogP contribution is 2.27. The Bertz CT molecular complexity index is 873. The normalized spacial score (nSPS) is 19.4. The summed E-state index contributed by atoms with van der Waals surface area (Å²) in [5.74, 6) is 1.17. The topological polar surface area (TPSA) is 89.2 Å². The van der Waals surface area contributed by atoms with Crippen molar-refractivity contribution < 1.29 is 12.9 Å². The maximum absolute atomic E-state index is 12.4. The molecule has 8 heteroatoms. The van der Waals surface area contributed by atoms with E-state index in [9.17, 15) is 8.42 Å². The maximum atomic E-state index is 12.4. The van der Waals surface area contributed by atoms with E-state index in [1.54, 1.807) is 24.5 Å². The van der Waals surface area contributed by atoms with Gasteiger partial charge in [-0.2, -0.15) is 0 Å². The second-order valence-electron chi connectivity index (χ2n) is 7.59. The third-order valence-electron chi connectivity index (χ3n) is 5.27. The smallest absolute Gasteiger partial charge is 0.216 e. The average Bonchev–Trinajstić information content (AvgIpc) is 2.81. The van der Waals surface area contributed by atoms with Crippen molar-refractivity contribution in [2.24, 2.45) is 5.92 Å². The first kappa shape index (κ1) is 19.9. The monoisotopic (exact) mass is 392 g/mol. The fraction of sp³-hybridized carbons (Fsp3) is 0.632. The minimum Gasteiger partial charge on any atom is -0.361 e. The van der Waals surface area contributed by atoms with Crippen LogP contribution in [0.5, 0.6) is 0 Å². The molecule has 1 saturated heterocycles. The van der Waals surface area contributed by atoms with Crippen LogP contribution in [0.3, 0.4) is 0 Å². The van der Waals surface area contributed by atoms with Crippen LogP contribution >= 0.6 is 0 Å². The Kier molecular flexibility index (Phi) is 5.95. The lowest BCUT2D eigenvalue weighted by atomic mass is 9.94. The molecule has 0 bridgehead atoms. The minimum atomic E-state index is -3.18. The van der Waals surface area contributed by atoms with Crippen LogP contribution in [0.25, 0.3) is 11.3 Å². The van der Waals surface area contributed by atoms with Crippen LogP contribution < -0.4 is 0 Å². The van der Waals surface area contributed by atoms with Crippen molar-refractivity contribution in [1.82, 2.24) is 19.4 Å². The van der Waals surface area contributed by atoms with Crippen molar-refractivity contribution in [1.29, 1.82) is 0 Å². The molecule has 0 N–H and O–H groups in total. The van der Waals surface area contributed by atoms with Gasteiger partial charge in [0.05, 0.1) is 22.2 Å². The van der Waals surface area contributed by atoms with Crippen LogP contribution in [0.15, 0.2) is 16.9 Å². The van der Waals surface area contributed by atoms with Crippen LogP contribution in [-0.2, 0) is 16.4 Å². The summed E-state index contributed by atoms with van der Waals surface area (Å²) in [6.45, 7) is 8.48. The molecule has 0 spiro atoms. The van der Waals surface area contributed by atoms with Gasteiger partial charge in [-0.15, -0.1) is 0 Å². The van der Waals surface area contributed by atoms with Gasteiger partial charge in [0.2, 0.25) is 10.0 Å². The van der Waals surface area contributed by atoms with E-state index in [0.717, 1.165) is 54.1 Å². The van der Waals surface area contributed by atoms with Crippen molar-refractivity contribution in [3.05, 3.63) is 29.5 Å². The summed E-state index contributed by atoms with van der Waals surface area (Å²) >= 11 is 0. The van der Waals surface area contributed by atoms with Crippen molar-refractivity contribution in [3.8, 4) is 11.3 Å². The Balaban J connectivity index is 1.71. The van der Waals surface area contributed by atoms with E-state index >= 15 is 0 Å². The molecule has 2 aromatic heterocycles. The highest BCUT2D eigenvalue weighted by atomic mass is 32.2. The van der Waals surface area contributed by atoms with Crippen LogP contribution in [0, 0.1) is 19.8 Å². The third-order valence-corrected chi connectivity index (χ3v) is 7.55. The van der Waals surface area contributed by atoms with Gasteiger partial charge < -0.3 is 4.52 Å². The largest absolute Gasteiger partial charge is 0.361 e. The number of nitrogens with zero attached hydrogens (tertiary/aromatic N) is 4. The Labute approximate surface area is 161 Å². The first-order valence-electron chi connectivity index (χ1n) is 9.52. The van der Waals surface area contributed by atoms with E-state index in [1.807, 2.05) is 19.9 Å². The molecule has 1 aliphatic heterocycles. The van der Waals surface area contributed by atoms with E-state index in [0.29, 0.717) is 19.0 Å². The summed E-state index contributed by atoms with van der Waals surface area (Å²) in [5, 5.41) is 3.63. The lowest BCUT2D eigenvalue weighted by Gasteiger charge is -2.22. The van der Waals surface area contributed by atoms with Crippen molar-refractivity contribution in [3.63, 3.8) is 0 Å². The van der Waals surface area contributed by atoms with Gasteiger partial charge in [0, 0.05) is 18.8 Å². The minimum absolute atomic E-state index is 0.367. The molecular formula is C19H28N4O3S. The Morgan fingerprint density at radius 3 is 2.67 bits per heavy atom. The highest BCUT2D eigenvalue weighted by molar-refractivity contribution is 7.89. The molecule has 0 aromatic carbocycles. The second-order valence-corrected chi connectivity index (χ2v) is 10.1. The molecule has 0 unspecified atom stereocenters. The number of aromatic nitrogens is 3. The average molecular weight is 393 g/mol. The Morgan fingerprint density at radius 2 is 2.00 bits per heavy atom. The predicted molar refractivity (Wildman–Crippen MR) is 104 cm³/mol. The predicted octanol–water partition coefficient (Wildman–Crippen LogP) is 3.13. The summed E-state index contributed by atoms with van der Waals surface area (Å²) in [6.07, 6.45) is 5.17. The quantitative estimate of drug-likeness (QED) is 0.777. The van der Waals surface area contributed by atoms with Gasteiger partial charge >= 0.3 is 0 Å². The van der Waals surface area contributed by atoms with Crippen LogP contribution in [0.4, 0.5) is 0 Å². The van der Waals surface area contributed by atoms with Crippen molar-refractivity contribution in [2.75, 3.05) is 13.1 Å². The van der Waals surface area contributed by atoms with E-state index in [4.69, 9.17) is 4.52 Å². The van der Waals surface area contributed by atoms with Crippen molar-refractivity contribution in [2.45, 2.75) is 58.6 Å². The van der Waals surface area contributed by atoms with Gasteiger partial charge in [-0.05, 0) is 65.4 Å². The zero-order valence-electron chi connectivity index (χ0n) is 16.5. The molecular weight excluding hydrogens is 364 g/mol. The Hall–Kier alpha value is -1.80. The SMILES string of the molecule is Cc1noc(C)c1-c1cc(C[C@@H]2CCCN(S(=O)(=O)C(C)C)CC2)ncn1. The van der Waals surface area contributed by atoms with Crippen molar-refractivity contribution >= 4 is 10.0 Å². The summed E-state index contributed by atoms with van der Waals surface area (Å²) < 4.78 is 31.8. The van der Waals surface area contributed by atoms with E-state index < -0.39 is 10.0 Å². The number of rotatable bonds is 5. The van der Waals surface area contributed by atoms with Crippen LogP contribution in [0.1, 0.15) is 50.3 Å². The molecule has 1 atom stereocenters. The first-order valence-corrected chi connectivity index (χ1v) is 11.0. The Morgan fingerprint density at radius 1 is 1.22 bits per heavy atom. The summed E-state index contributed by atoms with van der Waals surface area (Å²) in [6, 6.07) is 2.00. The third kappa shape index (κ3) is 4.38. The fourth-order valence-corrected chi connectivity index (χ4v) is 5.03. The first-order chi connectivity index (χ1) is 12.8. The second kappa shape index (κ2) is 8.06. The van der Waals surface area contributed by atoms with Gasteiger partial charge in [-0.3, -0.25) is 0 Å². The molecule has 27 heavy (non-hydrogen) atoms. The maximum Gasteiger partial charge on any atom is 0.216 e. The summed E-state index contributed by atoms with van der Waals surface area (Å²) in [4.78, 5) is 8.82. The molecule has 2 aromatic rings. The van der Waals surface area contributed by atoms with Gasteiger partial charge in [-0.1, -0.05) is 5.16 Å². The summed E-state index contributed by atoms with van der Waals surface area (Å²) in [7, 11) is -3.18. The molecule has 1 aliphatic rings. The molecule has 0 radical (unpaired) electrons. The van der Waals surface area contributed by atoms with E-state index in [2.05, 4.69) is 15.1 Å². The lowest BCUT2D eigenvalue weighted by Crippen LogP contribution is -2.37. The number of hydrogen-bond acceptors (Lipinski definition) is 6. The summed E-state index contributed by atoms with van der Waals surface area (Å²) in [5.41, 5.74) is 3.55. The number of hydrogen-bond donors (Lipinski definition) is 0. The fourth-order valence-electron chi connectivity index (χ4n) is 3.69. The molecule has 148 valence electrons. The van der Waals surface area contributed by atoms with Gasteiger partial charge in [0.15, 0.2) is 0 Å². The van der Waals surface area contributed by atoms with E-state index in [-0.39, 0.29) is 5.25 Å². The van der Waals surface area contributed by atoms with Gasteiger partial charge in [0.25, 0.3) is 0 Å². The zero-order valence-corrected chi connectivity index (χ0v) is 17.3. The number of sulfonamides is 1. The molecule has 0 saturated carbocycles. The van der Waals surface area contributed by atoms with E-state index in [1.165, 1.54) is 0 Å². The lowest BCUT2D eigenvalue weighted by molar-refractivity contribution is 0.393. The van der Waals surface area contributed by atoms with Gasteiger partial charge in [-0.25, -0.2) is 22.7 Å². The van der Waals surface area contributed by atoms with Gasteiger partial charge in [0.1, 0.15) is 12.1 Å². The zero-order chi connectivity index (χ0) is 19.6. The van der Waals surface area contributed by atoms with Crippen LogP contribution in [-0.4, -0.2) is 46.2 Å².